The van der Waals surface area contributed by atoms with Crippen LogP contribution in [0.25, 0.3) is 0 Å². The molecule has 0 radical (unpaired) electrons. The van der Waals surface area contributed by atoms with Gasteiger partial charge < -0.3 is 10.1 Å². The molecule has 5 heteroatoms. The van der Waals surface area contributed by atoms with Gasteiger partial charge in [0.2, 0.25) is 5.96 Å². The van der Waals surface area contributed by atoms with E-state index < -0.39 is 0 Å². The highest BCUT2D eigenvalue weighted by atomic mass is 16.5. The van der Waals surface area contributed by atoms with Crippen molar-refractivity contribution in [3.05, 3.63) is 59.2 Å². The number of carbonyl (C=O) groups excluding carboxylic acids is 1. The van der Waals surface area contributed by atoms with E-state index in [0.29, 0.717) is 24.6 Å². The molecule has 0 spiro atoms. The summed E-state index contributed by atoms with van der Waals surface area (Å²) in [5.41, 5.74) is 4.46. The van der Waals surface area contributed by atoms with Crippen LogP contribution in [0.3, 0.4) is 0 Å². The molecule has 5 nitrogen and oxygen atoms in total. The van der Waals surface area contributed by atoms with E-state index in [1.165, 1.54) is 17.5 Å². The number of hydrogen-bond acceptors (Lipinski definition) is 4. The quantitative estimate of drug-likeness (QED) is 0.938. The number of methoxy groups -OCH3 is 1. The fourth-order valence-electron chi connectivity index (χ4n) is 3.50. The Kier molecular flexibility index (Phi) is 4.14. The molecule has 4 rings (SSSR count). The molecule has 128 valence electrons. The van der Waals surface area contributed by atoms with E-state index >= 15 is 0 Å². The average Bonchev–Trinajstić information content (AvgIpc) is 3.31. The number of ether oxygens (including phenoxy) is 1. The fraction of sp³-hybridized carbons (Fsp3) is 0.300. The lowest BCUT2D eigenvalue weighted by Crippen LogP contribution is -2.38. The van der Waals surface area contributed by atoms with Crippen molar-refractivity contribution in [2.75, 3.05) is 25.5 Å². The summed E-state index contributed by atoms with van der Waals surface area (Å²) in [7, 11) is 1.62. The molecule has 0 aromatic heterocycles. The lowest BCUT2D eigenvalue weighted by molar-refractivity contribution is 0.0858. The molecular weight excluding hydrogens is 314 g/mol. The number of aryl methyl sites for hydroxylation is 1. The Morgan fingerprint density at radius 1 is 1.16 bits per heavy atom. The first-order chi connectivity index (χ1) is 12.3. The summed E-state index contributed by atoms with van der Waals surface area (Å²) in [5.74, 6) is 1.34. The molecule has 0 fully saturated rings. The molecule has 2 aromatic carbocycles. The Bertz CT molecular complexity index is 827. The zero-order valence-electron chi connectivity index (χ0n) is 14.3. The predicted octanol–water partition coefficient (Wildman–Crippen LogP) is 3.11. The number of anilines is 1. The van der Waals surface area contributed by atoms with Gasteiger partial charge in [0.05, 0.1) is 13.7 Å². The number of guanidine groups is 1. The highest BCUT2D eigenvalue weighted by molar-refractivity contribution is 6.11. The molecular formula is C20H21N3O2. The summed E-state index contributed by atoms with van der Waals surface area (Å²) in [6, 6.07) is 13.5. The average molecular weight is 335 g/mol. The van der Waals surface area contributed by atoms with Gasteiger partial charge in [-0.05, 0) is 60.7 Å². The second kappa shape index (κ2) is 6.59. The molecule has 0 saturated heterocycles. The molecule has 2 aromatic rings. The molecule has 25 heavy (non-hydrogen) atoms. The maximum absolute atomic E-state index is 12.8. The van der Waals surface area contributed by atoms with Gasteiger partial charge in [-0.3, -0.25) is 14.7 Å². The van der Waals surface area contributed by atoms with Crippen molar-refractivity contribution in [2.24, 2.45) is 4.99 Å². The van der Waals surface area contributed by atoms with Crippen LogP contribution >= 0.6 is 0 Å². The van der Waals surface area contributed by atoms with E-state index in [2.05, 4.69) is 28.5 Å². The molecule has 1 N–H and O–H groups in total. The van der Waals surface area contributed by atoms with Gasteiger partial charge >= 0.3 is 0 Å². The van der Waals surface area contributed by atoms with Gasteiger partial charge in [-0.1, -0.05) is 12.1 Å². The Balaban J connectivity index is 1.54. The van der Waals surface area contributed by atoms with Crippen LogP contribution in [0.5, 0.6) is 5.75 Å². The maximum Gasteiger partial charge on any atom is 0.260 e. The normalized spacial score (nSPS) is 15.7. The van der Waals surface area contributed by atoms with Crippen LogP contribution in [-0.2, 0) is 12.8 Å². The molecule has 1 heterocycles. The van der Waals surface area contributed by atoms with Crippen molar-refractivity contribution in [1.82, 2.24) is 4.90 Å². The van der Waals surface area contributed by atoms with Crippen LogP contribution in [0.4, 0.5) is 5.69 Å². The van der Waals surface area contributed by atoms with Gasteiger partial charge in [-0.15, -0.1) is 0 Å². The topological polar surface area (TPSA) is 53.9 Å². The molecule has 1 aliphatic carbocycles. The summed E-state index contributed by atoms with van der Waals surface area (Å²) in [6.07, 6.45) is 3.40. The third-order valence-electron chi connectivity index (χ3n) is 4.82. The van der Waals surface area contributed by atoms with Gasteiger partial charge in [0.25, 0.3) is 5.91 Å². The Labute approximate surface area is 147 Å². The zero-order chi connectivity index (χ0) is 17.2. The van der Waals surface area contributed by atoms with Crippen molar-refractivity contribution >= 4 is 17.6 Å². The summed E-state index contributed by atoms with van der Waals surface area (Å²) >= 11 is 0. The second-order valence-electron chi connectivity index (χ2n) is 6.31. The standard InChI is InChI=1S/C20H21N3O2/c1-25-16-10-8-15(9-11-16)19(24)23-13-12-21-20(23)22-18-7-3-5-14-4-2-6-17(14)18/h3,5,7-11H,2,4,6,12-13H2,1H3,(H,21,22). The molecule has 1 aliphatic heterocycles. The summed E-state index contributed by atoms with van der Waals surface area (Å²) in [4.78, 5) is 19.1. The number of hydrogen-bond donors (Lipinski definition) is 1. The van der Waals surface area contributed by atoms with Gasteiger partial charge in [-0.25, -0.2) is 0 Å². The molecule has 2 aliphatic rings. The lowest BCUT2D eigenvalue weighted by atomic mass is 10.1. The fourth-order valence-corrected chi connectivity index (χ4v) is 3.50. The number of fused-ring (bicyclic) bond motifs is 1. The van der Waals surface area contributed by atoms with Crippen LogP contribution in [0.1, 0.15) is 27.9 Å². The number of amides is 1. The van der Waals surface area contributed by atoms with E-state index in [9.17, 15) is 4.79 Å². The Morgan fingerprint density at radius 2 is 2.00 bits per heavy atom. The highest BCUT2D eigenvalue weighted by Gasteiger charge is 2.26. The molecule has 0 saturated carbocycles. The number of carbonyl (C=O) groups is 1. The van der Waals surface area contributed by atoms with E-state index in [-0.39, 0.29) is 5.91 Å². The van der Waals surface area contributed by atoms with Crippen LogP contribution in [0.15, 0.2) is 47.5 Å². The SMILES string of the molecule is COc1ccc(C(=O)N2CCN=C2Nc2cccc3c2CCC3)cc1. The van der Waals surface area contributed by atoms with Crippen LogP contribution in [0, 0.1) is 0 Å². The van der Waals surface area contributed by atoms with Crippen LogP contribution in [0.2, 0.25) is 0 Å². The minimum Gasteiger partial charge on any atom is -0.497 e. The zero-order valence-corrected chi connectivity index (χ0v) is 14.3. The third-order valence-corrected chi connectivity index (χ3v) is 4.82. The number of nitrogens with zero attached hydrogens (tertiary/aromatic N) is 2. The first-order valence-corrected chi connectivity index (χ1v) is 8.64. The molecule has 0 bridgehead atoms. The monoisotopic (exact) mass is 335 g/mol. The van der Waals surface area contributed by atoms with Crippen molar-refractivity contribution in [2.45, 2.75) is 19.3 Å². The number of rotatable bonds is 3. The van der Waals surface area contributed by atoms with Gasteiger partial charge in [0, 0.05) is 17.8 Å². The van der Waals surface area contributed by atoms with E-state index in [0.717, 1.165) is 24.3 Å². The molecule has 0 unspecified atom stereocenters. The first-order valence-electron chi connectivity index (χ1n) is 8.64. The Hall–Kier alpha value is -2.82. The van der Waals surface area contributed by atoms with Crippen LogP contribution in [-0.4, -0.2) is 37.0 Å². The van der Waals surface area contributed by atoms with E-state index in [1.807, 2.05) is 0 Å². The van der Waals surface area contributed by atoms with Crippen molar-refractivity contribution in [3.63, 3.8) is 0 Å². The van der Waals surface area contributed by atoms with Gasteiger partial charge in [0.15, 0.2) is 0 Å². The number of benzene rings is 2. The molecule has 1 amide bonds. The summed E-state index contributed by atoms with van der Waals surface area (Å²) < 4.78 is 5.16. The minimum absolute atomic E-state index is 0.0426. The van der Waals surface area contributed by atoms with Gasteiger partial charge in [0.1, 0.15) is 5.75 Å². The van der Waals surface area contributed by atoms with Crippen LogP contribution < -0.4 is 10.1 Å². The maximum atomic E-state index is 12.8. The molecule has 0 atom stereocenters. The number of aliphatic imine (C=N–C) groups is 1. The summed E-state index contributed by atoms with van der Waals surface area (Å²) in [5, 5.41) is 3.39. The lowest BCUT2D eigenvalue weighted by Gasteiger charge is -2.20. The smallest absolute Gasteiger partial charge is 0.260 e. The largest absolute Gasteiger partial charge is 0.497 e. The van der Waals surface area contributed by atoms with Crippen molar-refractivity contribution in [3.8, 4) is 5.75 Å². The van der Waals surface area contributed by atoms with E-state index in [4.69, 9.17) is 4.74 Å². The second-order valence-corrected chi connectivity index (χ2v) is 6.31. The van der Waals surface area contributed by atoms with Crippen molar-refractivity contribution < 1.29 is 9.53 Å². The first kappa shape index (κ1) is 15.7. The van der Waals surface area contributed by atoms with Crippen molar-refractivity contribution in [1.29, 1.82) is 0 Å². The number of nitrogens with one attached hydrogen (secondary N) is 1. The third kappa shape index (κ3) is 2.97. The highest BCUT2D eigenvalue weighted by Crippen LogP contribution is 2.29. The predicted molar refractivity (Wildman–Crippen MR) is 98.4 cm³/mol. The summed E-state index contributed by atoms with van der Waals surface area (Å²) in [6.45, 7) is 1.22. The Morgan fingerprint density at radius 3 is 2.80 bits per heavy atom. The minimum atomic E-state index is -0.0426. The van der Waals surface area contributed by atoms with E-state index in [1.54, 1.807) is 36.3 Å². The van der Waals surface area contributed by atoms with Gasteiger partial charge in [-0.2, -0.15) is 0 Å².